The van der Waals surface area contributed by atoms with Gasteiger partial charge in [0.1, 0.15) is 0 Å². The van der Waals surface area contributed by atoms with E-state index in [0.29, 0.717) is 17.6 Å². The number of para-hydroxylation sites is 2. The van der Waals surface area contributed by atoms with E-state index in [0.717, 1.165) is 71.6 Å². The van der Waals surface area contributed by atoms with Crippen molar-refractivity contribution in [3.05, 3.63) is 224 Å². The lowest BCUT2D eigenvalue weighted by Crippen LogP contribution is -2.06. The first-order valence-corrected chi connectivity index (χ1v) is 21.7. The highest BCUT2D eigenvalue weighted by Gasteiger charge is 2.20. The Balaban J connectivity index is 1.02. The lowest BCUT2D eigenvalue weighted by Gasteiger charge is -2.13. The van der Waals surface area contributed by atoms with Crippen LogP contribution in [-0.2, 0) is 0 Å². The highest BCUT2D eigenvalue weighted by molar-refractivity contribution is 6.21. The molecule has 0 atom stereocenters. The minimum atomic E-state index is 0.565. The van der Waals surface area contributed by atoms with Crippen molar-refractivity contribution in [2.75, 3.05) is 0 Å². The Morgan fingerprint density at radius 3 is 1.50 bits per heavy atom. The fraction of sp³-hybridized carbons (Fsp3) is 0. The summed E-state index contributed by atoms with van der Waals surface area (Å²) in [5.41, 5.74) is 11.9. The van der Waals surface area contributed by atoms with E-state index in [9.17, 15) is 0 Å². The van der Waals surface area contributed by atoms with Crippen LogP contribution in [0.3, 0.4) is 0 Å². The average molecular weight is 816 g/mol. The fourth-order valence-corrected chi connectivity index (χ4v) is 9.73. The third-order valence-corrected chi connectivity index (χ3v) is 12.7. The summed E-state index contributed by atoms with van der Waals surface area (Å²) in [7, 11) is 0. The van der Waals surface area contributed by atoms with E-state index in [-0.39, 0.29) is 0 Å². The largest absolute Gasteiger partial charge is 0.309 e. The predicted octanol–water partition coefficient (Wildman–Crippen LogP) is 15.0. The first kappa shape index (κ1) is 36.0. The third-order valence-electron chi connectivity index (χ3n) is 12.7. The standard InChI is InChI=1S/C59H37N5/c1-3-15-38(16-4-1)41-20-13-22-44(33-41)57-60-58(45-23-14-21-42(34-45)39-17-5-2-6-18-39)62-59(61-57)64-52-27-11-9-25-49(52)51-36-46-35-47(31-29-43(46)37-55(51)64)63-53-28-12-10-26-50(53)56-48-24-8-7-19-40(48)30-32-54(56)63/h1-37H. The first-order valence-electron chi connectivity index (χ1n) is 21.7. The molecule has 0 spiro atoms. The van der Waals surface area contributed by atoms with E-state index in [1.807, 2.05) is 12.1 Å². The molecule has 3 heterocycles. The fourth-order valence-electron chi connectivity index (χ4n) is 9.73. The Labute approximate surface area is 368 Å². The van der Waals surface area contributed by atoms with Crippen LogP contribution in [0.15, 0.2) is 224 Å². The molecular weight excluding hydrogens is 779 g/mol. The zero-order valence-corrected chi connectivity index (χ0v) is 34.6. The Bertz CT molecular complexity index is 3860. The molecular formula is C59H37N5. The lowest BCUT2D eigenvalue weighted by atomic mass is 10.0. The summed E-state index contributed by atoms with van der Waals surface area (Å²) in [5.74, 6) is 1.78. The van der Waals surface area contributed by atoms with Crippen LogP contribution in [0.25, 0.3) is 122 Å². The minimum Gasteiger partial charge on any atom is -0.309 e. The molecule has 0 aliphatic rings. The molecule has 5 heteroatoms. The molecule has 0 unspecified atom stereocenters. The van der Waals surface area contributed by atoms with Gasteiger partial charge >= 0.3 is 0 Å². The van der Waals surface area contributed by atoms with E-state index in [1.54, 1.807) is 0 Å². The van der Waals surface area contributed by atoms with Crippen LogP contribution in [0.1, 0.15) is 0 Å². The number of fused-ring (bicyclic) bond motifs is 9. The molecule has 0 amide bonds. The smallest absolute Gasteiger partial charge is 0.238 e. The molecule has 0 N–H and O–H groups in total. The topological polar surface area (TPSA) is 48.5 Å². The van der Waals surface area contributed by atoms with E-state index >= 15 is 0 Å². The summed E-state index contributed by atoms with van der Waals surface area (Å²) in [6.07, 6.45) is 0. The van der Waals surface area contributed by atoms with Gasteiger partial charge in [0.05, 0.1) is 22.1 Å². The molecule has 13 rings (SSSR count). The Morgan fingerprint density at radius 1 is 0.266 bits per heavy atom. The molecule has 10 aromatic carbocycles. The summed E-state index contributed by atoms with van der Waals surface area (Å²) in [6, 6.07) is 79.9. The zero-order valence-electron chi connectivity index (χ0n) is 34.6. The Hall–Kier alpha value is -8.67. The van der Waals surface area contributed by atoms with Gasteiger partial charge in [-0.05, 0) is 98.4 Å². The van der Waals surface area contributed by atoms with Gasteiger partial charge in [0.2, 0.25) is 5.95 Å². The Kier molecular flexibility index (Phi) is 8.15. The number of nitrogens with zero attached hydrogens (tertiary/aromatic N) is 5. The van der Waals surface area contributed by atoms with Gasteiger partial charge in [-0.25, -0.2) is 4.98 Å². The summed E-state index contributed by atoms with van der Waals surface area (Å²) in [4.78, 5) is 15.9. The second-order valence-electron chi connectivity index (χ2n) is 16.5. The van der Waals surface area contributed by atoms with E-state index in [2.05, 4.69) is 221 Å². The average Bonchev–Trinajstić information content (AvgIpc) is 3.88. The van der Waals surface area contributed by atoms with E-state index in [4.69, 9.17) is 15.0 Å². The second-order valence-corrected chi connectivity index (χ2v) is 16.5. The SMILES string of the molecule is c1ccc(-c2cccc(-c3nc(-c4cccc(-c5ccccc5)c4)nc(-n4c5ccccc5c5cc6cc(-n7c8ccccc8c8c9ccccc9ccc87)ccc6cc54)n3)c2)cc1. The van der Waals surface area contributed by atoms with Crippen molar-refractivity contribution in [3.8, 4) is 56.7 Å². The lowest BCUT2D eigenvalue weighted by molar-refractivity contribution is 0.954. The van der Waals surface area contributed by atoms with Crippen molar-refractivity contribution in [1.82, 2.24) is 24.1 Å². The van der Waals surface area contributed by atoms with Gasteiger partial charge in [0.25, 0.3) is 0 Å². The summed E-state index contributed by atoms with van der Waals surface area (Å²) in [6.45, 7) is 0. The second kappa shape index (κ2) is 14.5. The maximum Gasteiger partial charge on any atom is 0.238 e. The maximum absolute atomic E-state index is 5.33. The quantitative estimate of drug-likeness (QED) is 0.168. The summed E-state index contributed by atoms with van der Waals surface area (Å²) in [5, 5.41) is 9.60. The monoisotopic (exact) mass is 815 g/mol. The van der Waals surface area contributed by atoms with Crippen LogP contribution in [0.5, 0.6) is 0 Å². The van der Waals surface area contributed by atoms with Crippen LogP contribution in [-0.4, -0.2) is 24.1 Å². The molecule has 0 saturated heterocycles. The van der Waals surface area contributed by atoms with Crippen LogP contribution in [0.4, 0.5) is 0 Å². The molecule has 0 aliphatic heterocycles. The number of hydrogen-bond donors (Lipinski definition) is 0. The molecule has 3 aromatic heterocycles. The van der Waals surface area contributed by atoms with Gasteiger partial charge < -0.3 is 4.57 Å². The van der Waals surface area contributed by atoms with Crippen molar-refractivity contribution < 1.29 is 0 Å². The van der Waals surface area contributed by atoms with Crippen molar-refractivity contribution >= 4 is 65.2 Å². The molecule has 0 saturated carbocycles. The number of hydrogen-bond acceptors (Lipinski definition) is 3. The third kappa shape index (κ3) is 5.83. The molecule has 0 fully saturated rings. The minimum absolute atomic E-state index is 0.565. The molecule has 0 radical (unpaired) electrons. The highest BCUT2D eigenvalue weighted by Crippen LogP contribution is 2.40. The molecule has 13 aromatic rings. The van der Waals surface area contributed by atoms with Gasteiger partial charge in [-0.1, -0.05) is 170 Å². The molecule has 0 aliphatic carbocycles. The van der Waals surface area contributed by atoms with Crippen molar-refractivity contribution in [2.24, 2.45) is 0 Å². The zero-order chi connectivity index (χ0) is 42.1. The molecule has 298 valence electrons. The van der Waals surface area contributed by atoms with Crippen LogP contribution >= 0.6 is 0 Å². The van der Waals surface area contributed by atoms with Crippen molar-refractivity contribution in [1.29, 1.82) is 0 Å². The van der Waals surface area contributed by atoms with Gasteiger partial charge in [0.15, 0.2) is 11.6 Å². The van der Waals surface area contributed by atoms with Gasteiger partial charge in [-0.15, -0.1) is 0 Å². The maximum atomic E-state index is 5.33. The molecule has 64 heavy (non-hydrogen) atoms. The predicted molar refractivity (Wildman–Crippen MR) is 265 cm³/mol. The summed E-state index contributed by atoms with van der Waals surface area (Å²) >= 11 is 0. The Morgan fingerprint density at radius 2 is 0.812 bits per heavy atom. The van der Waals surface area contributed by atoms with Crippen LogP contribution in [0, 0.1) is 0 Å². The molecule has 5 nitrogen and oxygen atoms in total. The molecule has 0 bridgehead atoms. The number of rotatable bonds is 6. The van der Waals surface area contributed by atoms with Gasteiger partial charge in [0, 0.05) is 38.4 Å². The van der Waals surface area contributed by atoms with Crippen LogP contribution in [0.2, 0.25) is 0 Å². The first-order chi connectivity index (χ1) is 31.7. The van der Waals surface area contributed by atoms with Crippen molar-refractivity contribution in [3.63, 3.8) is 0 Å². The number of benzene rings is 10. The van der Waals surface area contributed by atoms with Gasteiger partial charge in [-0.2, -0.15) is 9.97 Å². The van der Waals surface area contributed by atoms with E-state index < -0.39 is 0 Å². The summed E-state index contributed by atoms with van der Waals surface area (Å²) < 4.78 is 4.63. The highest BCUT2D eigenvalue weighted by atomic mass is 15.2. The van der Waals surface area contributed by atoms with Crippen molar-refractivity contribution in [2.45, 2.75) is 0 Å². The normalized spacial score (nSPS) is 11.8. The van der Waals surface area contributed by atoms with Crippen LogP contribution < -0.4 is 0 Å². The number of aromatic nitrogens is 5. The van der Waals surface area contributed by atoms with Gasteiger partial charge in [-0.3, -0.25) is 4.57 Å². The van der Waals surface area contributed by atoms with E-state index in [1.165, 1.54) is 32.6 Å².